The Morgan fingerprint density at radius 1 is 1.26 bits per heavy atom. The van der Waals surface area contributed by atoms with Crippen molar-refractivity contribution in [1.82, 2.24) is 5.32 Å². The van der Waals surface area contributed by atoms with E-state index in [9.17, 15) is 30.4 Å². The zero-order valence-electron chi connectivity index (χ0n) is 12.1. The number of hydrogen-bond acceptors (Lipinski definition) is 5. The van der Waals surface area contributed by atoms with Crippen LogP contribution in [0.15, 0.2) is 29.2 Å². The summed E-state index contributed by atoms with van der Waals surface area (Å²) in [5.41, 5.74) is -0.840. The van der Waals surface area contributed by atoms with E-state index in [1.807, 2.05) is 0 Å². The number of halogens is 2. The molecule has 23 heavy (non-hydrogen) atoms. The molecule has 1 heterocycles. The van der Waals surface area contributed by atoms with Gasteiger partial charge in [0.1, 0.15) is 0 Å². The molecule has 1 saturated heterocycles. The van der Waals surface area contributed by atoms with Crippen molar-refractivity contribution in [3.63, 3.8) is 0 Å². The van der Waals surface area contributed by atoms with E-state index < -0.39 is 41.8 Å². The Hall–Kier alpha value is -1.55. The van der Waals surface area contributed by atoms with Crippen molar-refractivity contribution in [1.29, 1.82) is 0 Å². The van der Waals surface area contributed by atoms with Crippen LogP contribution in [0, 0.1) is 0 Å². The van der Waals surface area contributed by atoms with Gasteiger partial charge < -0.3 is 5.32 Å². The van der Waals surface area contributed by atoms with E-state index in [2.05, 4.69) is 5.32 Å². The molecule has 0 aromatic heterocycles. The second kappa shape index (κ2) is 5.82. The molecule has 1 aliphatic heterocycles. The highest BCUT2D eigenvalue weighted by atomic mass is 32.2. The summed E-state index contributed by atoms with van der Waals surface area (Å²) >= 11 is 0. The van der Waals surface area contributed by atoms with Crippen molar-refractivity contribution in [3.05, 3.63) is 29.8 Å². The van der Waals surface area contributed by atoms with Gasteiger partial charge in [0.05, 0.1) is 21.9 Å². The van der Waals surface area contributed by atoms with Crippen LogP contribution in [0.4, 0.5) is 8.78 Å². The molecule has 1 amide bonds. The summed E-state index contributed by atoms with van der Waals surface area (Å²) in [7, 11) is -7.91. The number of sulfone groups is 2. The van der Waals surface area contributed by atoms with Gasteiger partial charge in [0, 0.05) is 5.56 Å². The second-order valence-electron chi connectivity index (χ2n) is 5.69. The molecule has 0 spiro atoms. The fourth-order valence-electron chi connectivity index (χ4n) is 2.35. The van der Waals surface area contributed by atoms with Gasteiger partial charge >= 0.3 is 5.76 Å². The molecule has 1 aromatic rings. The molecule has 1 fully saturated rings. The molecule has 0 unspecified atom stereocenters. The minimum absolute atomic E-state index is 0.0185. The highest BCUT2D eigenvalue weighted by molar-refractivity contribution is 7.92. The number of rotatable bonds is 4. The van der Waals surface area contributed by atoms with Crippen LogP contribution in [0.3, 0.4) is 0 Å². The molecule has 1 N–H and O–H groups in total. The lowest BCUT2D eigenvalue weighted by Crippen LogP contribution is -2.46. The van der Waals surface area contributed by atoms with E-state index in [-0.39, 0.29) is 23.5 Å². The molecule has 10 heteroatoms. The van der Waals surface area contributed by atoms with Crippen molar-refractivity contribution < 1.29 is 30.4 Å². The third kappa shape index (κ3) is 3.86. The van der Waals surface area contributed by atoms with E-state index in [0.717, 1.165) is 24.3 Å². The Morgan fingerprint density at radius 2 is 1.83 bits per heavy atom. The molecule has 0 saturated carbocycles. The maximum Gasteiger partial charge on any atom is 0.341 e. The Morgan fingerprint density at radius 3 is 2.26 bits per heavy atom. The Labute approximate surface area is 132 Å². The van der Waals surface area contributed by atoms with E-state index in [1.165, 1.54) is 0 Å². The highest BCUT2D eigenvalue weighted by Gasteiger charge is 2.39. The summed E-state index contributed by atoms with van der Waals surface area (Å²) in [5, 5.41) is 2.59. The number of carbonyl (C=O) groups excluding carboxylic acids is 1. The fraction of sp³-hybridized carbons (Fsp3) is 0.462. The van der Waals surface area contributed by atoms with Gasteiger partial charge in [-0.05, 0) is 37.6 Å². The smallest absolute Gasteiger partial charge is 0.341 e. The van der Waals surface area contributed by atoms with Gasteiger partial charge in [-0.1, -0.05) is 0 Å². The lowest BCUT2D eigenvalue weighted by Gasteiger charge is -2.23. The van der Waals surface area contributed by atoms with E-state index in [0.29, 0.717) is 0 Å². The quantitative estimate of drug-likeness (QED) is 0.856. The molecule has 1 atom stereocenters. The second-order valence-corrected chi connectivity index (χ2v) is 9.79. The van der Waals surface area contributed by atoms with Gasteiger partial charge in [0.25, 0.3) is 5.91 Å². The van der Waals surface area contributed by atoms with Crippen LogP contribution in [0.2, 0.25) is 0 Å². The lowest BCUT2D eigenvalue weighted by molar-refractivity contribution is 0.0915. The van der Waals surface area contributed by atoms with Crippen LogP contribution in [-0.2, 0) is 19.7 Å². The van der Waals surface area contributed by atoms with Crippen molar-refractivity contribution in [2.24, 2.45) is 0 Å². The van der Waals surface area contributed by atoms with Crippen LogP contribution in [0.25, 0.3) is 0 Å². The molecule has 1 aromatic carbocycles. The fourth-order valence-corrected chi connectivity index (χ4v) is 5.17. The Kier molecular flexibility index (Phi) is 4.51. The number of benzene rings is 1. The minimum atomic E-state index is -4.71. The van der Waals surface area contributed by atoms with E-state index in [4.69, 9.17) is 0 Å². The monoisotopic (exact) mass is 367 g/mol. The van der Waals surface area contributed by atoms with E-state index in [1.54, 1.807) is 6.92 Å². The van der Waals surface area contributed by atoms with Crippen molar-refractivity contribution in [2.75, 3.05) is 11.5 Å². The van der Waals surface area contributed by atoms with Crippen LogP contribution in [-0.4, -0.2) is 45.5 Å². The molecular formula is C13H15F2NO5S2. The molecular weight excluding hydrogens is 352 g/mol. The summed E-state index contributed by atoms with van der Waals surface area (Å²) in [4.78, 5) is 11.5. The molecule has 0 radical (unpaired) electrons. The molecule has 128 valence electrons. The maximum atomic E-state index is 12.4. The van der Waals surface area contributed by atoms with Crippen molar-refractivity contribution in [3.8, 4) is 0 Å². The maximum absolute atomic E-state index is 12.4. The van der Waals surface area contributed by atoms with Crippen LogP contribution < -0.4 is 5.32 Å². The zero-order chi connectivity index (χ0) is 17.5. The highest BCUT2D eigenvalue weighted by Crippen LogP contribution is 2.24. The molecule has 6 nitrogen and oxygen atoms in total. The lowest BCUT2D eigenvalue weighted by atomic mass is 10.0. The standard InChI is InChI=1S/C13H15F2NO5S2/c1-13(6-7-22(18,19)8-13)16-11(17)9-2-4-10(5-3-9)23(20,21)12(14)15/h2-5,12H,6-8H2,1H3,(H,16,17)/t13-/m1/s1. The molecule has 0 aliphatic carbocycles. The summed E-state index contributed by atoms with van der Waals surface area (Å²) < 4.78 is 70.4. The first-order chi connectivity index (χ1) is 10.5. The first kappa shape index (κ1) is 17.8. The first-order valence-corrected chi connectivity index (χ1v) is 9.97. The van der Waals surface area contributed by atoms with Crippen LogP contribution >= 0.6 is 0 Å². The van der Waals surface area contributed by atoms with Gasteiger partial charge in [0.2, 0.25) is 9.84 Å². The van der Waals surface area contributed by atoms with Crippen molar-refractivity contribution in [2.45, 2.75) is 29.5 Å². The Bertz CT molecular complexity index is 818. The summed E-state index contributed by atoms with van der Waals surface area (Å²) in [5.74, 6) is -4.32. The average molecular weight is 367 g/mol. The predicted molar refractivity (Wildman–Crippen MR) is 78.8 cm³/mol. The number of carbonyl (C=O) groups is 1. The zero-order valence-corrected chi connectivity index (χ0v) is 13.8. The Balaban J connectivity index is 2.16. The molecule has 2 rings (SSSR count). The third-order valence-electron chi connectivity index (χ3n) is 3.60. The van der Waals surface area contributed by atoms with Crippen LogP contribution in [0.1, 0.15) is 23.7 Å². The number of nitrogens with one attached hydrogen (secondary N) is 1. The number of alkyl halides is 2. The van der Waals surface area contributed by atoms with Gasteiger partial charge in [-0.2, -0.15) is 8.78 Å². The number of amides is 1. The van der Waals surface area contributed by atoms with Gasteiger partial charge in [-0.15, -0.1) is 0 Å². The largest absolute Gasteiger partial charge is 0.346 e. The minimum Gasteiger partial charge on any atom is -0.346 e. The average Bonchev–Trinajstić information content (AvgIpc) is 2.72. The number of hydrogen-bond donors (Lipinski definition) is 1. The summed E-state index contributed by atoms with van der Waals surface area (Å²) in [6.07, 6.45) is 0.277. The topological polar surface area (TPSA) is 97.4 Å². The summed E-state index contributed by atoms with van der Waals surface area (Å²) in [6, 6.07) is 4.06. The normalized spacial score (nSPS) is 23.8. The molecule has 1 aliphatic rings. The predicted octanol–water partition coefficient (Wildman–Crippen LogP) is 0.990. The SMILES string of the molecule is C[C@@]1(NC(=O)c2ccc(S(=O)(=O)C(F)F)cc2)CCS(=O)(=O)C1. The van der Waals surface area contributed by atoms with Gasteiger partial charge in [0.15, 0.2) is 9.84 Å². The van der Waals surface area contributed by atoms with Gasteiger partial charge in [-0.3, -0.25) is 4.79 Å². The van der Waals surface area contributed by atoms with Crippen molar-refractivity contribution >= 4 is 25.6 Å². The van der Waals surface area contributed by atoms with E-state index >= 15 is 0 Å². The molecule has 0 bridgehead atoms. The summed E-state index contributed by atoms with van der Waals surface area (Å²) in [6.45, 7) is 1.60. The first-order valence-electron chi connectivity index (χ1n) is 6.60. The van der Waals surface area contributed by atoms with Gasteiger partial charge in [-0.25, -0.2) is 16.8 Å². The third-order valence-corrected chi connectivity index (χ3v) is 6.90. The van der Waals surface area contributed by atoms with Crippen LogP contribution in [0.5, 0.6) is 0 Å².